The van der Waals surface area contributed by atoms with Gasteiger partial charge in [0.05, 0.1) is 0 Å². The van der Waals surface area contributed by atoms with Gasteiger partial charge >= 0.3 is 0 Å². The molecule has 0 unspecified atom stereocenters. The number of nitrogens with one attached hydrogen (secondary N) is 1. The van der Waals surface area contributed by atoms with Gasteiger partial charge in [0.15, 0.2) is 0 Å². The number of benzene rings is 2. The Morgan fingerprint density at radius 3 is 2.21 bits per heavy atom. The van der Waals surface area contributed by atoms with Crippen LogP contribution in [-0.2, 0) is 0 Å². The molecule has 2 aromatic rings. The summed E-state index contributed by atoms with van der Waals surface area (Å²) in [7, 11) is 0. The van der Waals surface area contributed by atoms with Gasteiger partial charge < -0.3 is 11.1 Å². The molecule has 0 amide bonds. The molecule has 2 aliphatic rings. The molecule has 3 nitrogen and oxygen atoms in total. The van der Waals surface area contributed by atoms with E-state index in [0.717, 1.165) is 58.8 Å². The van der Waals surface area contributed by atoms with E-state index < -0.39 is 0 Å². The molecule has 0 atom stereocenters. The van der Waals surface area contributed by atoms with Crippen molar-refractivity contribution in [2.75, 3.05) is 11.1 Å². The monoisotopic (exact) mass is 575 g/mol. The van der Waals surface area contributed by atoms with Crippen molar-refractivity contribution in [1.82, 2.24) is 0 Å². The Kier molecular flexibility index (Phi) is 16.1. The molecule has 0 saturated heterocycles. The number of anilines is 2. The SMILES string of the molecule is C.C/C=C\C.C=C(C)C1=NC=C(/C(=C/C(C)C)C(=C)c2cccc(NC(=C)C3=CC=CCC3)c2)C1.Cc1cccc(N)c1. The summed E-state index contributed by atoms with van der Waals surface area (Å²) in [5.74, 6) is 0.416. The van der Waals surface area contributed by atoms with Crippen LogP contribution >= 0.6 is 0 Å². The Labute approximate surface area is 262 Å². The topological polar surface area (TPSA) is 50.4 Å². The van der Waals surface area contributed by atoms with Crippen molar-refractivity contribution in [2.24, 2.45) is 10.9 Å². The van der Waals surface area contributed by atoms with E-state index in [2.05, 4.69) is 92.5 Å². The lowest BCUT2D eigenvalue weighted by Gasteiger charge is -2.17. The van der Waals surface area contributed by atoms with Crippen LogP contribution < -0.4 is 11.1 Å². The molecule has 1 aliphatic carbocycles. The van der Waals surface area contributed by atoms with Gasteiger partial charge in [-0.15, -0.1) is 0 Å². The van der Waals surface area contributed by atoms with E-state index in [1.807, 2.05) is 70.3 Å². The van der Waals surface area contributed by atoms with E-state index in [4.69, 9.17) is 5.73 Å². The van der Waals surface area contributed by atoms with Crippen LogP contribution in [0.4, 0.5) is 11.4 Å². The van der Waals surface area contributed by atoms with Gasteiger partial charge in [0.1, 0.15) is 0 Å². The first-order valence-corrected chi connectivity index (χ1v) is 14.7. The average Bonchev–Trinajstić information content (AvgIpc) is 3.47. The first-order valence-electron chi connectivity index (χ1n) is 14.7. The molecular weight excluding hydrogens is 522 g/mol. The largest absolute Gasteiger partial charge is 0.399 e. The highest BCUT2D eigenvalue weighted by atomic mass is 14.9. The van der Waals surface area contributed by atoms with Gasteiger partial charge in [-0.05, 0) is 110 Å². The first kappa shape index (κ1) is 36.7. The Morgan fingerprint density at radius 2 is 1.70 bits per heavy atom. The standard InChI is InChI=1S/C28H32N2.C7H9N.C4H8.CH4/c1-19(2)15-27(25-17-28(20(3)4)29-18-25)21(5)24-13-10-14-26(16-24)30-22(6)23-11-8-7-9-12-23;1-6-3-2-4-7(8)5-6;1-3-4-2;/h7-8,10-11,13-16,18-19,30H,3,5-6,9,12,17H2,1-2,4H3;2-5H,8H2,1H3;3-4H,1-2H3;1H4/b27-15+;;4-3-;. The van der Waals surface area contributed by atoms with Crippen LogP contribution in [0.2, 0.25) is 0 Å². The third-order valence-electron chi connectivity index (χ3n) is 6.68. The molecule has 4 rings (SSSR count). The molecule has 228 valence electrons. The Bertz CT molecular complexity index is 1420. The van der Waals surface area contributed by atoms with Crippen LogP contribution in [0.3, 0.4) is 0 Å². The van der Waals surface area contributed by atoms with E-state index in [1.54, 1.807) is 0 Å². The number of hydrogen-bond acceptors (Lipinski definition) is 3. The van der Waals surface area contributed by atoms with Crippen LogP contribution in [0.1, 0.15) is 72.4 Å². The van der Waals surface area contributed by atoms with Gasteiger partial charge in [-0.25, -0.2) is 0 Å². The fourth-order valence-electron chi connectivity index (χ4n) is 4.31. The third-order valence-corrected chi connectivity index (χ3v) is 6.68. The van der Waals surface area contributed by atoms with E-state index in [-0.39, 0.29) is 7.43 Å². The molecule has 1 aliphatic heterocycles. The van der Waals surface area contributed by atoms with Gasteiger partial charge in [-0.2, -0.15) is 0 Å². The maximum absolute atomic E-state index is 5.46. The number of allylic oxidation sites excluding steroid dienone is 11. The number of nitrogens with zero attached hydrogens (tertiary/aromatic N) is 1. The number of aryl methyl sites for hydroxylation is 1. The second kappa shape index (κ2) is 18.9. The molecular formula is C40H53N3. The number of aliphatic imine (C=N–C) groups is 1. The number of hydrogen-bond donors (Lipinski definition) is 2. The summed E-state index contributed by atoms with van der Waals surface area (Å²) < 4.78 is 0. The zero-order chi connectivity index (χ0) is 31.1. The molecule has 43 heavy (non-hydrogen) atoms. The Hall–Kier alpha value is -4.37. The predicted molar refractivity (Wildman–Crippen MR) is 195 cm³/mol. The Morgan fingerprint density at radius 1 is 1.00 bits per heavy atom. The molecule has 2 aromatic carbocycles. The van der Waals surface area contributed by atoms with Crippen LogP contribution in [-0.4, -0.2) is 5.71 Å². The fourth-order valence-corrected chi connectivity index (χ4v) is 4.31. The Balaban J connectivity index is 0.000000595. The smallest absolute Gasteiger partial charge is 0.0471 e. The van der Waals surface area contributed by atoms with Crippen molar-refractivity contribution in [3.05, 3.63) is 150 Å². The van der Waals surface area contributed by atoms with Crippen LogP contribution in [0.5, 0.6) is 0 Å². The van der Waals surface area contributed by atoms with Crippen molar-refractivity contribution >= 4 is 22.7 Å². The summed E-state index contributed by atoms with van der Waals surface area (Å²) in [5.41, 5.74) is 17.3. The lowest BCUT2D eigenvalue weighted by molar-refractivity contribution is 0.826. The van der Waals surface area contributed by atoms with Crippen LogP contribution in [0.15, 0.2) is 144 Å². The predicted octanol–water partition coefficient (Wildman–Crippen LogP) is 11.6. The first-order chi connectivity index (χ1) is 20.0. The summed E-state index contributed by atoms with van der Waals surface area (Å²) in [4.78, 5) is 4.57. The van der Waals surface area contributed by atoms with E-state index in [1.165, 1.54) is 22.3 Å². The fraction of sp³-hybridized carbons (Fsp3) is 0.275. The van der Waals surface area contributed by atoms with Gasteiger partial charge in [0.2, 0.25) is 0 Å². The van der Waals surface area contributed by atoms with Gasteiger partial charge in [-0.1, -0.05) is 102 Å². The van der Waals surface area contributed by atoms with Gasteiger partial charge in [-0.3, -0.25) is 4.99 Å². The molecule has 0 fully saturated rings. The molecule has 3 heteroatoms. The van der Waals surface area contributed by atoms with E-state index >= 15 is 0 Å². The molecule has 0 saturated carbocycles. The third kappa shape index (κ3) is 12.6. The summed E-state index contributed by atoms with van der Waals surface area (Å²) in [6.07, 6.45) is 17.6. The van der Waals surface area contributed by atoms with Crippen molar-refractivity contribution in [2.45, 2.75) is 68.2 Å². The number of rotatable bonds is 8. The van der Waals surface area contributed by atoms with Crippen molar-refractivity contribution < 1.29 is 0 Å². The van der Waals surface area contributed by atoms with Gasteiger partial charge in [0.25, 0.3) is 0 Å². The highest BCUT2D eigenvalue weighted by Crippen LogP contribution is 2.34. The maximum atomic E-state index is 5.46. The van der Waals surface area contributed by atoms with E-state index in [9.17, 15) is 0 Å². The lowest BCUT2D eigenvalue weighted by Crippen LogP contribution is -2.04. The molecule has 0 bridgehead atoms. The van der Waals surface area contributed by atoms with Crippen molar-refractivity contribution in [3.63, 3.8) is 0 Å². The maximum Gasteiger partial charge on any atom is 0.0471 e. The van der Waals surface area contributed by atoms with Gasteiger partial charge in [0, 0.05) is 35.4 Å². The minimum atomic E-state index is 0. The molecule has 3 N–H and O–H groups in total. The van der Waals surface area contributed by atoms with Crippen LogP contribution in [0, 0.1) is 12.8 Å². The normalized spacial score (nSPS) is 13.8. The summed E-state index contributed by atoms with van der Waals surface area (Å²) in [6, 6.07) is 16.2. The van der Waals surface area contributed by atoms with E-state index in [0.29, 0.717) is 5.92 Å². The summed E-state index contributed by atoms with van der Waals surface area (Å²) in [6.45, 7) is 25.1. The summed E-state index contributed by atoms with van der Waals surface area (Å²) >= 11 is 0. The molecule has 0 aromatic heterocycles. The quantitative estimate of drug-likeness (QED) is 0.187. The summed E-state index contributed by atoms with van der Waals surface area (Å²) in [5, 5.41) is 3.47. The van der Waals surface area contributed by atoms with Crippen molar-refractivity contribution in [1.29, 1.82) is 0 Å². The second-order valence-corrected chi connectivity index (χ2v) is 10.9. The minimum Gasteiger partial charge on any atom is -0.399 e. The zero-order valence-electron chi connectivity index (χ0n) is 26.5. The lowest BCUT2D eigenvalue weighted by atomic mass is 9.89. The highest BCUT2D eigenvalue weighted by molar-refractivity contribution is 6.04. The average molecular weight is 576 g/mol. The zero-order valence-corrected chi connectivity index (χ0v) is 26.5. The minimum absolute atomic E-state index is 0. The molecule has 1 heterocycles. The molecule has 0 spiro atoms. The number of nitrogen functional groups attached to an aromatic ring is 1. The second-order valence-electron chi connectivity index (χ2n) is 10.9. The van der Waals surface area contributed by atoms with Crippen molar-refractivity contribution in [3.8, 4) is 0 Å². The number of nitrogens with two attached hydrogens (primary N) is 1. The molecule has 0 radical (unpaired) electrons. The highest BCUT2D eigenvalue weighted by Gasteiger charge is 2.18. The van der Waals surface area contributed by atoms with Crippen LogP contribution in [0.25, 0.3) is 5.57 Å².